The van der Waals surface area contributed by atoms with Crippen molar-refractivity contribution in [3.8, 4) is 11.8 Å². The lowest BCUT2D eigenvalue weighted by molar-refractivity contribution is -0.137. The fourth-order valence-electron chi connectivity index (χ4n) is 5.52. The lowest BCUT2D eigenvalue weighted by Crippen LogP contribution is -2.56. The highest BCUT2D eigenvalue weighted by molar-refractivity contribution is 9.10. The molecular formula is C30H35BrFN5O4. The number of rotatable bonds is 7. The van der Waals surface area contributed by atoms with E-state index in [4.69, 9.17) is 4.74 Å². The largest absolute Gasteiger partial charge is 0.477 e. The maximum atomic E-state index is 15.1. The molecule has 41 heavy (non-hydrogen) atoms. The van der Waals surface area contributed by atoms with E-state index in [-0.39, 0.29) is 35.3 Å². The Morgan fingerprint density at radius 2 is 2.00 bits per heavy atom. The maximum Gasteiger partial charge on any atom is 0.275 e. The molecule has 0 aromatic heterocycles. The Labute approximate surface area is 247 Å². The second-order valence-corrected chi connectivity index (χ2v) is 12.3. The van der Waals surface area contributed by atoms with Gasteiger partial charge < -0.3 is 15.0 Å². The van der Waals surface area contributed by atoms with E-state index in [1.807, 2.05) is 45.0 Å². The Hall–Kier alpha value is -3.49. The smallest absolute Gasteiger partial charge is 0.275 e. The minimum absolute atomic E-state index is 0.0222. The van der Waals surface area contributed by atoms with Crippen molar-refractivity contribution in [1.82, 2.24) is 21.1 Å². The van der Waals surface area contributed by atoms with Crippen LogP contribution in [0.2, 0.25) is 0 Å². The summed E-state index contributed by atoms with van der Waals surface area (Å²) in [6, 6.07) is 11.0. The number of benzene rings is 2. The highest BCUT2D eigenvalue weighted by Gasteiger charge is 2.46. The lowest BCUT2D eigenvalue weighted by Gasteiger charge is -2.38. The highest BCUT2D eigenvalue weighted by atomic mass is 79.9. The zero-order valence-electron chi connectivity index (χ0n) is 23.8. The number of carbonyl (C=O) groups excluding carboxylic acids is 3. The molecule has 3 N–H and O–H groups in total. The van der Waals surface area contributed by atoms with Crippen LogP contribution in [0.5, 0.6) is 5.75 Å². The third-order valence-electron chi connectivity index (χ3n) is 7.77. The van der Waals surface area contributed by atoms with E-state index < -0.39 is 35.2 Å². The Morgan fingerprint density at radius 1 is 1.27 bits per heavy atom. The molecule has 11 heteroatoms. The monoisotopic (exact) mass is 627 g/mol. The van der Waals surface area contributed by atoms with Crippen LogP contribution >= 0.6 is 15.9 Å². The number of carbonyl (C=O) groups is 3. The first-order chi connectivity index (χ1) is 19.3. The summed E-state index contributed by atoms with van der Waals surface area (Å²) in [6.07, 6.45) is 0.802. The topological polar surface area (TPSA) is 124 Å². The van der Waals surface area contributed by atoms with Gasteiger partial charge in [0.05, 0.1) is 23.6 Å². The van der Waals surface area contributed by atoms with Crippen molar-refractivity contribution < 1.29 is 23.5 Å². The summed E-state index contributed by atoms with van der Waals surface area (Å²) in [4.78, 5) is 40.9. The zero-order valence-corrected chi connectivity index (χ0v) is 25.3. The van der Waals surface area contributed by atoms with Gasteiger partial charge in [-0.15, -0.1) is 0 Å². The van der Waals surface area contributed by atoms with Gasteiger partial charge in [-0.25, -0.2) is 9.82 Å². The molecule has 0 saturated carbocycles. The Morgan fingerprint density at radius 3 is 2.66 bits per heavy atom. The summed E-state index contributed by atoms with van der Waals surface area (Å²) in [5, 5.41) is 12.6. The highest BCUT2D eigenvalue weighted by Crippen LogP contribution is 2.43. The van der Waals surface area contributed by atoms with Crippen molar-refractivity contribution in [3.05, 3.63) is 63.4 Å². The molecule has 0 radical (unpaired) electrons. The van der Waals surface area contributed by atoms with Gasteiger partial charge >= 0.3 is 0 Å². The third-order valence-corrected chi connectivity index (χ3v) is 8.26. The van der Waals surface area contributed by atoms with Crippen LogP contribution in [0.3, 0.4) is 0 Å². The van der Waals surface area contributed by atoms with Gasteiger partial charge in [-0.2, -0.15) is 5.26 Å². The molecule has 2 aromatic carbocycles. The molecule has 2 aliphatic heterocycles. The molecule has 2 aromatic rings. The van der Waals surface area contributed by atoms with Crippen molar-refractivity contribution in [2.75, 3.05) is 0 Å². The summed E-state index contributed by atoms with van der Waals surface area (Å²) in [6.45, 7) is 8.67. The van der Waals surface area contributed by atoms with Crippen molar-refractivity contribution in [1.29, 1.82) is 5.26 Å². The standard InChI is InChI=1S/C30H35BrFN5O4/c1-16-11-20(14-22(32)26(16)41-24-12-17(2)35-36-28(24)39)27(38)34-18(3)29(40)37-23(19-7-6-8-21(31)13-19)9-10-25(37)30(4,5)15-33/h6-8,11,13-14,17-18,23-25,35H,9-10,12H2,1-5H3,(H,34,38)(H,36,39)/t17?,18-,23+,24?,25-/m1/s1. The molecule has 9 nitrogen and oxygen atoms in total. The normalized spacial score (nSPS) is 23.4. The second-order valence-electron chi connectivity index (χ2n) is 11.4. The summed E-state index contributed by atoms with van der Waals surface area (Å²) in [5.41, 5.74) is 5.80. The van der Waals surface area contributed by atoms with E-state index >= 15 is 4.39 Å². The number of amides is 3. The number of hydrogen-bond donors (Lipinski definition) is 3. The molecule has 4 rings (SSSR count). The van der Waals surface area contributed by atoms with E-state index in [0.717, 1.165) is 16.1 Å². The predicted molar refractivity (Wildman–Crippen MR) is 154 cm³/mol. The van der Waals surface area contributed by atoms with Crippen LogP contribution in [0.1, 0.15) is 74.5 Å². The summed E-state index contributed by atoms with van der Waals surface area (Å²) >= 11 is 3.50. The van der Waals surface area contributed by atoms with Gasteiger partial charge in [0, 0.05) is 22.5 Å². The third kappa shape index (κ3) is 6.54. The van der Waals surface area contributed by atoms with E-state index in [0.29, 0.717) is 24.8 Å². The molecule has 0 bridgehead atoms. The van der Waals surface area contributed by atoms with Gasteiger partial charge in [-0.1, -0.05) is 28.1 Å². The van der Waals surface area contributed by atoms with E-state index in [9.17, 15) is 19.6 Å². The van der Waals surface area contributed by atoms with Crippen LogP contribution in [-0.2, 0) is 9.59 Å². The lowest BCUT2D eigenvalue weighted by atomic mass is 9.84. The maximum absolute atomic E-state index is 15.1. The zero-order chi connectivity index (χ0) is 30.1. The van der Waals surface area contributed by atoms with E-state index in [2.05, 4.69) is 38.2 Å². The first-order valence-corrected chi connectivity index (χ1v) is 14.4. The van der Waals surface area contributed by atoms with Crippen LogP contribution < -0.4 is 20.9 Å². The summed E-state index contributed by atoms with van der Waals surface area (Å²) in [7, 11) is 0. The first kappa shape index (κ1) is 30.5. The average molecular weight is 629 g/mol. The van der Waals surface area contributed by atoms with E-state index in [1.165, 1.54) is 6.07 Å². The molecule has 2 fully saturated rings. The van der Waals surface area contributed by atoms with Crippen molar-refractivity contribution in [2.45, 2.75) is 84.2 Å². The molecule has 2 saturated heterocycles. The molecule has 218 valence electrons. The second kappa shape index (κ2) is 12.2. The van der Waals surface area contributed by atoms with Gasteiger partial charge in [0.2, 0.25) is 5.91 Å². The summed E-state index contributed by atoms with van der Waals surface area (Å²) < 4.78 is 21.7. The molecule has 0 spiro atoms. The minimum Gasteiger partial charge on any atom is -0.477 e. The van der Waals surface area contributed by atoms with Gasteiger partial charge in [0.25, 0.3) is 11.8 Å². The van der Waals surface area contributed by atoms with Crippen molar-refractivity contribution in [2.24, 2.45) is 5.41 Å². The number of halogens is 2. The minimum atomic E-state index is -0.938. The Kier molecular flexibility index (Phi) is 9.04. The van der Waals surface area contributed by atoms with Crippen molar-refractivity contribution >= 4 is 33.7 Å². The number of nitrogens with one attached hydrogen (secondary N) is 3. The van der Waals surface area contributed by atoms with Crippen LogP contribution in [-0.4, -0.2) is 46.9 Å². The molecule has 3 amide bonds. The van der Waals surface area contributed by atoms with E-state index in [1.54, 1.807) is 18.7 Å². The number of hydrazine groups is 1. The number of aryl methyl sites for hydroxylation is 1. The van der Waals surface area contributed by atoms with Crippen LogP contribution in [0.4, 0.5) is 4.39 Å². The summed E-state index contributed by atoms with van der Waals surface area (Å²) in [5.74, 6) is -2.23. The number of ether oxygens (including phenoxy) is 1. The average Bonchev–Trinajstić information content (AvgIpc) is 3.38. The van der Waals surface area contributed by atoms with Gasteiger partial charge in [0.1, 0.15) is 6.04 Å². The molecule has 5 atom stereocenters. The van der Waals surface area contributed by atoms with Gasteiger partial charge in [-0.3, -0.25) is 19.8 Å². The fourth-order valence-corrected chi connectivity index (χ4v) is 5.94. The predicted octanol–water partition coefficient (Wildman–Crippen LogP) is 4.46. The van der Waals surface area contributed by atoms with Crippen LogP contribution in [0, 0.1) is 29.5 Å². The van der Waals surface area contributed by atoms with Gasteiger partial charge in [-0.05, 0) is 82.9 Å². The molecule has 2 unspecified atom stereocenters. The Balaban J connectivity index is 1.53. The fraction of sp³-hybridized carbons (Fsp3) is 0.467. The number of nitrogens with zero attached hydrogens (tertiary/aromatic N) is 2. The number of nitriles is 1. The number of likely N-dealkylation sites (tertiary alicyclic amines) is 1. The van der Waals surface area contributed by atoms with Crippen LogP contribution in [0.15, 0.2) is 40.9 Å². The molecule has 0 aliphatic carbocycles. The van der Waals surface area contributed by atoms with Crippen molar-refractivity contribution in [3.63, 3.8) is 0 Å². The quantitative estimate of drug-likeness (QED) is 0.416. The number of hydrogen-bond acceptors (Lipinski definition) is 6. The Bertz CT molecular complexity index is 1370. The molecule has 2 aliphatic rings. The SMILES string of the molecule is Cc1cc(C(=O)N[C@H](C)C(=O)N2[C@H](c3cccc(Br)c3)CC[C@@H]2C(C)(C)C#N)cc(F)c1OC1CC(C)NNC1=O. The van der Waals surface area contributed by atoms with Gasteiger partial charge in [0.15, 0.2) is 17.7 Å². The molecule has 2 heterocycles. The first-order valence-electron chi connectivity index (χ1n) is 13.6. The van der Waals surface area contributed by atoms with Crippen LogP contribution in [0.25, 0.3) is 0 Å². The molecular weight excluding hydrogens is 593 g/mol.